The molecule has 0 bridgehead atoms. The SMILES string of the molecule is C[C@H](NS(=O)(=O)c1cccc2ccccc12)[C@@H](C)CO. The van der Waals surface area contributed by atoms with E-state index < -0.39 is 10.0 Å². The summed E-state index contributed by atoms with van der Waals surface area (Å²) in [6, 6.07) is 12.3. The van der Waals surface area contributed by atoms with Gasteiger partial charge in [-0.1, -0.05) is 43.3 Å². The standard InChI is InChI=1S/C15H19NO3S/c1-11(10-17)12(2)16-20(18,19)15-9-5-7-13-6-3-4-8-14(13)15/h3-9,11-12,16-17H,10H2,1-2H3/t11-,12-/m0/s1. The number of aliphatic hydroxyl groups excluding tert-OH is 1. The highest BCUT2D eigenvalue weighted by atomic mass is 32.2. The third-order valence-corrected chi connectivity index (χ3v) is 5.14. The lowest BCUT2D eigenvalue weighted by Gasteiger charge is -2.19. The van der Waals surface area contributed by atoms with Crippen molar-refractivity contribution in [2.45, 2.75) is 24.8 Å². The molecule has 0 saturated heterocycles. The molecular weight excluding hydrogens is 274 g/mol. The molecule has 0 aromatic heterocycles. The minimum atomic E-state index is -3.60. The second kappa shape index (κ2) is 5.91. The second-order valence-electron chi connectivity index (χ2n) is 5.05. The van der Waals surface area contributed by atoms with E-state index in [2.05, 4.69) is 4.72 Å². The molecule has 20 heavy (non-hydrogen) atoms. The molecule has 5 heteroatoms. The van der Waals surface area contributed by atoms with Crippen molar-refractivity contribution in [1.29, 1.82) is 0 Å². The van der Waals surface area contributed by atoms with Gasteiger partial charge in [0.15, 0.2) is 0 Å². The predicted molar refractivity (Wildman–Crippen MR) is 80.0 cm³/mol. The molecule has 0 aliphatic rings. The van der Waals surface area contributed by atoms with Crippen molar-refractivity contribution in [3.63, 3.8) is 0 Å². The van der Waals surface area contributed by atoms with Gasteiger partial charge in [-0.2, -0.15) is 0 Å². The Morgan fingerprint density at radius 2 is 1.75 bits per heavy atom. The summed E-state index contributed by atoms with van der Waals surface area (Å²) >= 11 is 0. The Kier molecular flexibility index (Phi) is 4.42. The maximum Gasteiger partial charge on any atom is 0.241 e. The fourth-order valence-corrected chi connectivity index (χ4v) is 3.59. The highest BCUT2D eigenvalue weighted by Gasteiger charge is 2.22. The summed E-state index contributed by atoms with van der Waals surface area (Å²) in [5.74, 6) is -0.139. The number of sulfonamides is 1. The van der Waals surface area contributed by atoms with E-state index >= 15 is 0 Å². The summed E-state index contributed by atoms with van der Waals surface area (Å²) < 4.78 is 27.6. The second-order valence-corrected chi connectivity index (χ2v) is 6.73. The molecule has 108 valence electrons. The first-order valence-electron chi connectivity index (χ1n) is 6.56. The quantitative estimate of drug-likeness (QED) is 0.887. The molecule has 2 N–H and O–H groups in total. The maximum atomic E-state index is 12.5. The number of hydrogen-bond acceptors (Lipinski definition) is 3. The van der Waals surface area contributed by atoms with Gasteiger partial charge in [-0.15, -0.1) is 0 Å². The Bertz CT molecular complexity index is 692. The highest BCUT2D eigenvalue weighted by molar-refractivity contribution is 7.89. The highest BCUT2D eigenvalue weighted by Crippen LogP contribution is 2.23. The van der Waals surface area contributed by atoms with E-state index in [0.717, 1.165) is 5.39 Å². The summed E-state index contributed by atoms with van der Waals surface area (Å²) in [4.78, 5) is 0.271. The van der Waals surface area contributed by atoms with Crippen molar-refractivity contribution in [2.24, 2.45) is 5.92 Å². The van der Waals surface area contributed by atoms with E-state index in [-0.39, 0.29) is 23.5 Å². The van der Waals surface area contributed by atoms with Crippen molar-refractivity contribution >= 4 is 20.8 Å². The van der Waals surface area contributed by atoms with Crippen LogP contribution in [0.15, 0.2) is 47.4 Å². The molecule has 2 aromatic carbocycles. The van der Waals surface area contributed by atoms with Gasteiger partial charge in [0.1, 0.15) is 0 Å². The third kappa shape index (κ3) is 3.00. The van der Waals surface area contributed by atoms with E-state index in [9.17, 15) is 8.42 Å². The van der Waals surface area contributed by atoms with Crippen molar-refractivity contribution in [3.8, 4) is 0 Å². The maximum absolute atomic E-state index is 12.5. The van der Waals surface area contributed by atoms with Crippen LogP contribution in [-0.2, 0) is 10.0 Å². The first kappa shape index (κ1) is 15.0. The van der Waals surface area contributed by atoms with Gasteiger partial charge in [-0.05, 0) is 24.3 Å². The zero-order valence-electron chi connectivity index (χ0n) is 11.6. The lowest BCUT2D eigenvalue weighted by molar-refractivity contribution is 0.216. The number of aliphatic hydroxyl groups is 1. The van der Waals surface area contributed by atoms with Gasteiger partial charge in [-0.3, -0.25) is 0 Å². The van der Waals surface area contributed by atoms with Crippen molar-refractivity contribution in [3.05, 3.63) is 42.5 Å². The minimum absolute atomic E-state index is 0.0563. The molecular formula is C15H19NO3S. The number of hydrogen-bond donors (Lipinski definition) is 2. The smallest absolute Gasteiger partial charge is 0.241 e. The van der Waals surface area contributed by atoms with Crippen LogP contribution in [0.3, 0.4) is 0 Å². The van der Waals surface area contributed by atoms with Crippen molar-refractivity contribution < 1.29 is 13.5 Å². The Hall–Kier alpha value is -1.43. The molecule has 0 aliphatic carbocycles. The first-order chi connectivity index (χ1) is 9.45. The largest absolute Gasteiger partial charge is 0.396 e. The first-order valence-corrected chi connectivity index (χ1v) is 8.05. The molecule has 2 aromatic rings. The van der Waals surface area contributed by atoms with Crippen LogP contribution in [0.5, 0.6) is 0 Å². The fourth-order valence-electron chi connectivity index (χ4n) is 2.01. The van der Waals surface area contributed by atoms with Crippen LogP contribution in [0.1, 0.15) is 13.8 Å². The zero-order chi connectivity index (χ0) is 14.8. The summed E-state index contributed by atoms with van der Waals surface area (Å²) in [6.45, 7) is 3.50. The van der Waals surface area contributed by atoms with Crippen LogP contribution in [0.4, 0.5) is 0 Å². The van der Waals surface area contributed by atoms with Crippen LogP contribution in [-0.4, -0.2) is 26.2 Å². The van der Waals surface area contributed by atoms with Crippen LogP contribution in [0.25, 0.3) is 10.8 Å². The molecule has 0 amide bonds. The Morgan fingerprint density at radius 3 is 2.45 bits per heavy atom. The van der Waals surface area contributed by atoms with Gasteiger partial charge in [-0.25, -0.2) is 13.1 Å². The van der Waals surface area contributed by atoms with E-state index in [4.69, 9.17) is 5.11 Å². The van der Waals surface area contributed by atoms with Gasteiger partial charge in [0.05, 0.1) is 4.90 Å². The third-order valence-electron chi connectivity index (χ3n) is 3.52. The van der Waals surface area contributed by atoms with Gasteiger partial charge >= 0.3 is 0 Å². The predicted octanol–water partition coefficient (Wildman–Crippen LogP) is 2.14. The van der Waals surface area contributed by atoms with Crippen LogP contribution < -0.4 is 4.72 Å². The average Bonchev–Trinajstić information content (AvgIpc) is 2.45. The molecule has 4 nitrogen and oxygen atoms in total. The number of rotatable bonds is 5. The summed E-state index contributed by atoms with van der Waals surface area (Å²) in [5.41, 5.74) is 0. The lowest BCUT2D eigenvalue weighted by atomic mass is 10.1. The van der Waals surface area contributed by atoms with Crippen LogP contribution >= 0.6 is 0 Å². The molecule has 2 atom stereocenters. The van der Waals surface area contributed by atoms with Gasteiger partial charge < -0.3 is 5.11 Å². The minimum Gasteiger partial charge on any atom is -0.396 e. The summed E-state index contributed by atoms with van der Waals surface area (Å²) in [5, 5.41) is 10.7. The van der Waals surface area contributed by atoms with Crippen LogP contribution in [0.2, 0.25) is 0 Å². The Morgan fingerprint density at radius 1 is 1.10 bits per heavy atom. The monoisotopic (exact) mass is 293 g/mol. The van der Waals surface area contributed by atoms with Gasteiger partial charge in [0.25, 0.3) is 0 Å². The Balaban J connectivity index is 2.42. The molecule has 0 radical (unpaired) electrons. The summed E-state index contributed by atoms with van der Waals surface area (Å²) in [6.07, 6.45) is 0. The fraction of sp³-hybridized carbons (Fsp3) is 0.333. The topological polar surface area (TPSA) is 66.4 Å². The average molecular weight is 293 g/mol. The lowest BCUT2D eigenvalue weighted by Crippen LogP contribution is -2.38. The zero-order valence-corrected chi connectivity index (χ0v) is 12.4. The van der Waals surface area contributed by atoms with Gasteiger partial charge in [0.2, 0.25) is 10.0 Å². The number of fused-ring (bicyclic) bond motifs is 1. The molecule has 0 spiro atoms. The summed E-state index contributed by atoms with van der Waals surface area (Å²) in [7, 11) is -3.60. The molecule has 0 heterocycles. The molecule has 0 unspecified atom stereocenters. The molecule has 0 fully saturated rings. The van der Waals surface area contributed by atoms with Crippen molar-refractivity contribution in [2.75, 3.05) is 6.61 Å². The normalized spacial score (nSPS) is 15.2. The molecule has 0 saturated carbocycles. The van der Waals surface area contributed by atoms with E-state index in [1.54, 1.807) is 32.0 Å². The van der Waals surface area contributed by atoms with Crippen LogP contribution in [0, 0.1) is 5.92 Å². The number of nitrogens with one attached hydrogen (secondary N) is 1. The van der Waals surface area contributed by atoms with Crippen molar-refractivity contribution in [1.82, 2.24) is 4.72 Å². The van der Waals surface area contributed by atoms with Gasteiger partial charge in [0, 0.05) is 18.0 Å². The molecule has 0 aliphatic heterocycles. The molecule has 2 rings (SSSR count). The Labute approximate surface area is 119 Å². The number of benzene rings is 2. The van der Waals surface area contributed by atoms with E-state index in [1.807, 2.05) is 24.3 Å². The van der Waals surface area contributed by atoms with E-state index in [0.29, 0.717) is 5.39 Å². The van der Waals surface area contributed by atoms with E-state index in [1.165, 1.54) is 0 Å².